The first-order chi connectivity index (χ1) is 9.63. The molecule has 1 aliphatic heterocycles. The molecule has 110 valence electrons. The molecule has 0 unspecified atom stereocenters. The SMILES string of the molecule is CO[C@@]1(C)CCCN(C(=O)CCc2cnccn2)CC1. The van der Waals surface area contributed by atoms with Gasteiger partial charge in [-0.1, -0.05) is 0 Å². The van der Waals surface area contributed by atoms with E-state index in [9.17, 15) is 4.79 Å². The third-order valence-electron chi connectivity index (χ3n) is 4.10. The second kappa shape index (κ2) is 6.79. The smallest absolute Gasteiger partial charge is 0.222 e. The maximum atomic E-state index is 12.3. The van der Waals surface area contributed by atoms with Crippen LogP contribution >= 0.6 is 0 Å². The number of rotatable bonds is 4. The third kappa shape index (κ3) is 4.00. The average molecular weight is 277 g/mol. The van der Waals surface area contributed by atoms with E-state index in [1.807, 2.05) is 4.90 Å². The fraction of sp³-hybridized carbons (Fsp3) is 0.667. The van der Waals surface area contributed by atoms with Crippen molar-refractivity contribution in [2.24, 2.45) is 0 Å². The van der Waals surface area contributed by atoms with Gasteiger partial charge in [0.2, 0.25) is 5.91 Å². The molecule has 0 spiro atoms. The van der Waals surface area contributed by atoms with Gasteiger partial charge in [-0.15, -0.1) is 0 Å². The van der Waals surface area contributed by atoms with Crippen LogP contribution in [0.4, 0.5) is 0 Å². The molecule has 0 radical (unpaired) electrons. The highest BCUT2D eigenvalue weighted by atomic mass is 16.5. The predicted octanol–water partition coefficient (Wildman–Crippen LogP) is 1.83. The summed E-state index contributed by atoms with van der Waals surface area (Å²) in [7, 11) is 1.76. The molecule has 1 aromatic heterocycles. The van der Waals surface area contributed by atoms with Crippen molar-refractivity contribution < 1.29 is 9.53 Å². The van der Waals surface area contributed by atoms with E-state index in [1.54, 1.807) is 25.7 Å². The monoisotopic (exact) mass is 277 g/mol. The lowest BCUT2D eigenvalue weighted by molar-refractivity contribution is -0.131. The first-order valence-electron chi connectivity index (χ1n) is 7.21. The highest BCUT2D eigenvalue weighted by molar-refractivity contribution is 5.76. The minimum atomic E-state index is -0.0834. The maximum Gasteiger partial charge on any atom is 0.222 e. The average Bonchev–Trinajstić information content (AvgIpc) is 2.69. The lowest BCUT2D eigenvalue weighted by Gasteiger charge is -2.26. The van der Waals surface area contributed by atoms with Gasteiger partial charge in [-0.25, -0.2) is 0 Å². The molecule has 0 bridgehead atoms. The Morgan fingerprint density at radius 3 is 2.95 bits per heavy atom. The number of carbonyl (C=O) groups excluding carboxylic acids is 1. The molecule has 2 rings (SSSR count). The summed E-state index contributed by atoms with van der Waals surface area (Å²) in [5.41, 5.74) is 0.789. The number of ether oxygens (including phenoxy) is 1. The van der Waals surface area contributed by atoms with Gasteiger partial charge in [-0.05, 0) is 32.6 Å². The van der Waals surface area contributed by atoms with Crippen molar-refractivity contribution >= 4 is 5.91 Å². The van der Waals surface area contributed by atoms with Crippen molar-refractivity contribution in [3.8, 4) is 0 Å². The summed E-state index contributed by atoms with van der Waals surface area (Å²) >= 11 is 0. The molecule has 1 amide bonds. The van der Waals surface area contributed by atoms with Gasteiger partial charge in [0.25, 0.3) is 0 Å². The molecule has 1 aromatic rings. The summed E-state index contributed by atoms with van der Waals surface area (Å²) in [6, 6.07) is 0. The number of carbonyl (C=O) groups is 1. The van der Waals surface area contributed by atoms with Crippen LogP contribution in [0.15, 0.2) is 18.6 Å². The number of nitrogens with zero attached hydrogens (tertiary/aromatic N) is 3. The fourth-order valence-corrected chi connectivity index (χ4v) is 2.56. The van der Waals surface area contributed by atoms with Gasteiger partial charge < -0.3 is 9.64 Å². The lowest BCUT2D eigenvalue weighted by Crippen LogP contribution is -2.34. The van der Waals surface area contributed by atoms with E-state index < -0.39 is 0 Å². The van der Waals surface area contributed by atoms with Gasteiger partial charge >= 0.3 is 0 Å². The Kier molecular flexibility index (Phi) is 5.06. The van der Waals surface area contributed by atoms with Crippen LogP contribution in [0, 0.1) is 0 Å². The zero-order valence-electron chi connectivity index (χ0n) is 12.3. The molecule has 0 aliphatic carbocycles. The van der Waals surface area contributed by atoms with Gasteiger partial charge in [0.15, 0.2) is 0 Å². The Morgan fingerprint density at radius 2 is 2.25 bits per heavy atom. The second-order valence-corrected chi connectivity index (χ2v) is 5.59. The molecule has 1 atom stereocenters. The molecule has 5 heteroatoms. The summed E-state index contributed by atoms with van der Waals surface area (Å²) in [6.07, 6.45) is 9.10. The van der Waals surface area contributed by atoms with Crippen LogP contribution in [0.1, 0.15) is 38.3 Å². The van der Waals surface area contributed by atoms with E-state index in [-0.39, 0.29) is 11.5 Å². The summed E-state index contributed by atoms with van der Waals surface area (Å²) in [5, 5.41) is 0. The van der Waals surface area contributed by atoms with Crippen LogP contribution in [0.2, 0.25) is 0 Å². The number of methoxy groups -OCH3 is 1. The topological polar surface area (TPSA) is 55.3 Å². The summed E-state index contributed by atoms with van der Waals surface area (Å²) in [4.78, 5) is 22.4. The number of aromatic nitrogens is 2. The van der Waals surface area contributed by atoms with Gasteiger partial charge in [0.1, 0.15) is 0 Å². The van der Waals surface area contributed by atoms with Crippen molar-refractivity contribution in [1.82, 2.24) is 14.9 Å². The summed E-state index contributed by atoms with van der Waals surface area (Å²) < 4.78 is 5.56. The van der Waals surface area contributed by atoms with Crippen LogP contribution in [0.5, 0.6) is 0 Å². The summed E-state index contributed by atoms with van der Waals surface area (Å²) in [6.45, 7) is 3.74. The van der Waals surface area contributed by atoms with Crippen LogP contribution in [-0.4, -0.2) is 46.6 Å². The fourth-order valence-electron chi connectivity index (χ4n) is 2.56. The zero-order chi connectivity index (χ0) is 14.4. The highest BCUT2D eigenvalue weighted by Crippen LogP contribution is 2.25. The Bertz CT molecular complexity index is 438. The number of likely N-dealkylation sites (tertiary alicyclic amines) is 1. The molecule has 0 aromatic carbocycles. The third-order valence-corrected chi connectivity index (χ3v) is 4.10. The molecule has 0 N–H and O–H groups in total. The van der Waals surface area contributed by atoms with E-state index in [4.69, 9.17) is 4.74 Å². The van der Waals surface area contributed by atoms with Gasteiger partial charge in [-0.2, -0.15) is 0 Å². The van der Waals surface area contributed by atoms with E-state index in [1.165, 1.54) is 0 Å². The van der Waals surface area contributed by atoms with Crippen molar-refractivity contribution in [2.75, 3.05) is 20.2 Å². The quantitative estimate of drug-likeness (QED) is 0.842. The van der Waals surface area contributed by atoms with Crippen molar-refractivity contribution in [1.29, 1.82) is 0 Å². The second-order valence-electron chi connectivity index (χ2n) is 5.59. The van der Waals surface area contributed by atoms with Crippen LogP contribution in [0.25, 0.3) is 0 Å². The number of hydrogen-bond acceptors (Lipinski definition) is 4. The lowest BCUT2D eigenvalue weighted by atomic mass is 9.97. The Morgan fingerprint density at radius 1 is 1.40 bits per heavy atom. The Balaban J connectivity index is 1.84. The van der Waals surface area contributed by atoms with Crippen molar-refractivity contribution in [3.63, 3.8) is 0 Å². The molecule has 0 saturated carbocycles. The van der Waals surface area contributed by atoms with E-state index in [2.05, 4.69) is 16.9 Å². The molecule has 1 aliphatic rings. The molecule has 1 fully saturated rings. The minimum Gasteiger partial charge on any atom is -0.378 e. The molecular formula is C15H23N3O2. The first-order valence-corrected chi connectivity index (χ1v) is 7.21. The molecular weight excluding hydrogens is 254 g/mol. The van der Waals surface area contributed by atoms with Gasteiger partial charge in [0.05, 0.1) is 11.3 Å². The van der Waals surface area contributed by atoms with Gasteiger partial charge in [-0.3, -0.25) is 14.8 Å². The van der Waals surface area contributed by atoms with Gasteiger partial charge in [0, 0.05) is 45.2 Å². The molecule has 5 nitrogen and oxygen atoms in total. The normalized spacial score (nSPS) is 23.4. The van der Waals surface area contributed by atoms with Crippen LogP contribution in [0.3, 0.4) is 0 Å². The van der Waals surface area contributed by atoms with E-state index >= 15 is 0 Å². The van der Waals surface area contributed by atoms with Crippen molar-refractivity contribution in [2.45, 2.75) is 44.6 Å². The van der Waals surface area contributed by atoms with E-state index in [0.29, 0.717) is 12.8 Å². The standard InChI is InChI=1S/C15H23N3O2/c1-15(20-2)6-3-10-18(11-7-15)14(19)5-4-13-12-16-8-9-17-13/h8-9,12H,3-7,10-11H2,1-2H3/t15-/m0/s1. The number of hydrogen-bond donors (Lipinski definition) is 0. The Hall–Kier alpha value is -1.49. The minimum absolute atomic E-state index is 0.0834. The molecule has 20 heavy (non-hydrogen) atoms. The highest BCUT2D eigenvalue weighted by Gasteiger charge is 2.28. The predicted molar refractivity (Wildman–Crippen MR) is 76.2 cm³/mol. The van der Waals surface area contributed by atoms with E-state index in [0.717, 1.165) is 38.0 Å². The molecule has 2 heterocycles. The maximum absolute atomic E-state index is 12.3. The number of amides is 1. The number of aryl methyl sites for hydroxylation is 1. The Labute approximate surface area is 120 Å². The zero-order valence-corrected chi connectivity index (χ0v) is 12.3. The summed E-state index contributed by atoms with van der Waals surface area (Å²) in [5.74, 6) is 0.205. The van der Waals surface area contributed by atoms with Crippen LogP contribution in [-0.2, 0) is 16.0 Å². The van der Waals surface area contributed by atoms with Crippen LogP contribution < -0.4 is 0 Å². The molecule has 1 saturated heterocycles. The first kappa shape index (κ1) is 14.9. The van der Waals surface area contributed by atoms with Crippen molar-refractivity contribution in [3.05, 3.63) is 24.3 Å². The largest absolute Gasteiger partial charge is 0.378 e.